The molecule has 7 heteroatoms. The summed E-state index contributed by atoms with van der Waals surface area (Å²) in [6.45, 7) is 0. The van der Waals surface area contributed by atoms with E-state index >= 15 is 0 Å². The predicted octanol–water partition coefficient (Wildman–Crippen LogP) is -11.4. The van der Waals surface area contributed by atoms with E-state index in [0.29, 0.717) is 0 Å². The molecule has 0 aromatic carbocycles. The Morgan fingerprint density at radius 2 is 0.429 bits per heavy atom. The van der Waals surface area contributed by atoms with Crippen molar-refractivity contribution >= 4 is 75.5 Å². The Morgan fingerprint density at radius 1 is 0.429 bits per heavy atom. The molecule has 0 aliphatic carbocycles. The van der Waals surface area contributed by atoms with Gasteiger partial charge >= 0.3 is 75.5 Å². The minimum absolute atomic E-state index is 0. The molecule has 0 aliphatic heterocycles. The van der Waals surface area contributed by atoms with Crippen molar-refractivity contribution in [2.75, 3.05) is 0 Å². The summed E-state index contributed by atoms with van der Waals surface area (Å²) in [6, 6.07) is 0. The van der Waals surface area contributed by atoms with Gasteiger partial charge in [0.05, 0.1) is 0 Å². The van der Waals surface area contributed by atoms with Crippen LogP contribution in [0.3, 0.4) is 0 Å². The molecule has 0 spiro atoms. The summed E-state index contributed by atoms with van der Waals surface area (Å²) in [5.41, 5.74) is 0. The van der Waals surface area contributed by atoms with E-state index in [1.807, 2.05) is 0 Å². The largest absolute Gasteiger partial charge is 2.00 e. The number of halogens is 3. The number of hydrogen-bond donors (Lipinski definition) is 0. The molecule has 0 aromatic heterocycles. The van der Waals surface area contributed by atoms with Crippen LogP contribution in [0.25, 0.3) is 0 Å². The zero-order valence-electron chi connectivity index (χ0n) is 3.55. The van der Waals surface area contributed by atoms with E-state index in [4.69, 9.17) is 0 Å². The molecule has 0 bridgehead atoms. The zero-order valence-corrected chi connectivity index (χ0v) is 10.2. The van der Waals surface area contributed by atoms with Crippen molar-refractivity contribution < 1.29 is 48.2 Å². The van der Waals surface area contributed by atoms with Crippen molar-refractivity contribution in [1.29, 1.82) is 0 Å². The van der Waals surface area contributed by atoms with Crippen LogP contribution >= 0.6 is 0 Å². The van der Waals surface area contributed by atoms with Crippen molar-refractivity contribution in [3.8, 4) is 0 Å². The quantitative estimate of drug-likeness (QED) is 0.366. The summed E-state index contributed by atoms with van der Waals surface area (Å²) in [5, 5.41) is 0. The third-order valence-electron chi connectivity index (χ3n) is 0. The molecule has 0 aliphatic rings. The van der Waals surface area contributed by atoms with Gasteiger partial charge in [0.15, 0.2) is 0 Å². The molecule has 0 fully saturated rings. The molecular formula is H4Ca2Cl3O2+. The zero-order chi connectivity index (χ0) is 0. The maximum atomic E-state index is 0. The van der Waals surface area contributed by atoms with E-state index in [1.54, 1.807) is 0 Å². The molecule has 0 atom stereocenters. The van der Waals surface area contributed by atoms with Crippen molar-refractivity contribution in [3.63, 3.8) is 0 Å². The van der Waals surface area contributed by atoms with Gasteiger partial charge in [0.1, 0.15) is 0 Å². The molecule has 40 valence electrons. The molecule has 0 saturated carbocycles. The summed E-state index contributed by atoms with van der Waals surface area (Å²) in [7, 11) is 0. The molecular weight excluding hydrogens is 219 g/mol. The fraction of sp³-hybridized carbons (Fsp3) is 0. The Balaban J connectivity index is 0. The predicted molar refractivity (Wildman–Crippen MR) is 18.7 cm³/mol. The second kappa shape index (κ2) is 58.7. The molecule has 0 heterocycles. The van der Waals surface area contributed by atoms with Gasteiger partial charge in [-0.25, -0.2) is 0 Å². The maximum absolute atomic E-state index is 0. The molecule has 0 radical (unpaired) electrons. The van der Waals surface area contributed by atoms with Crippen molar-refractivity contribution in [2.45, 2.75) is 0 Å². The van der Waals surface area contributed by atoms with E-state index in [1.165, 1.54) is 0 Å². The van der Waals surface area contributed by atoms with Crippen LogP contribution in [0.15, 0.2) is 0 Å². The summed E-state index contributed by atoms with van der Waals surface area (Å²) < 4.78 is 0. The van der Waals surface area contributed by atoms with E-state index in [9.17, 15) is 0 Å². The smallest absolute Gasteiger partial charge is 1.00 e. The standard InChI is InChI=1S/2Ca.3ClH.2H2O/h;;3*1H;2*1H2/q2*+2;;;;;/p-3. The molecule has 7 heavy (non-hydrogen) atoms. The first-order valence-electron chi connectivity index (χ1n) is 0. The molecule has 2 nitrogen and oxygen atoms in total. The van der Waals surface area contributed by atoms with Crippen molar-refractivity contribution in [1.82, 2.24) is 0 Å². The molecule has 0 amide bonds. The van der Waals surface area contributed by atoms with Gasteiger partial charge in [0, 0.05) is 0 Å². The summed E-state index contributed by atoms with van der Waals surface area (Å²) >= 11 is 0. The van der Waals surface area contributed by atoms with E-state index in [0.717, 1.165) is 0 Å². The first-order chi connectivity index (χ1) is 0. The Hall–Kier alpha value is 3.31. The molecule has 0 rings (SSSR count). The Kier molecular flexibility index (Phi) is 684. The average molecular weight is 223 g/mol. The average Bonchev–Trinajstić information content (AvgIpc) is 0. The summed E-state index contributed by atoms with van der Waals surface area (Å²) in [6.07, 6.45) is 0. The topological polar surface area (TPSA) is 63.0 Å². The van der Waals surface area contributed by atoms with Crippen LogP contribution in [0.4, 0.5) is 0 Å². The molecule has 0 saturated heterocycles. The van der Waals surface area contributed by atoms with Gasteiger partial charge in [-0.05, 0) is 0 Å². The molecule has 0 aromatic rings. The maximum Gasteiger partial charge on any atom is 2.00 e. The summed E-state index contributed by atoms with van der Waals surface area (Å²) in [4.78, 5) is 0. The van der Waals surface area contributed by atoms with Gasteiger partial charge in [-0.1, -0.05) is 0 Å². The van der Waals surface area contributed by atoms with Crippen LogP contribution in [0, 0.1) is 0 Å². The first kappa shape index (κ1) is 81.6. The minimum Gasteiger partial charge on any atom is -1.00 e. The second-order valence-corrected chi connectivity index (χ2v) is 0. The Labute approximate surface area is 121 Å². The van der Waals surface area contributed by atoms with Crippen LogP contribution in [0.1, 0.15) is 0 Å². The third-order valence-corrected chi connectivity index (χ3v) is 0. The first-order valence-corrected chi connectivity index (χ1v) is 0. The monoisotopic (exact) mass is 221 g/mol. The van der Waals surface area contributed by atoms with Gasteiger partial charge in [0.2, 0.25) is 0 Å². The van der Waals surface area contributed by atoms with Gasteiger partial charge < -0.3 is 48.2 Å². The van der Waals surface area contributed by atoms with Crippen LogP contribution in [-0.2, 0) is 0 Å². The SMILES string of the molecule is O.O.[Ca+2].[Ca+2].[Cl-].[Cl-].[Cl-]. The van der Waals surface area contributed by atoms with Crippen LogP contribution in [0.2, 0.25) is 0 Å². The number of hydrogen-bond acceptors (Lipinski definition) is 0. The Morgan fingerprint density at radius 3 is 0.429 bits per heavy atom. The minimum atomic E-state index is 0. The van der Waals surface area contributed by atoms with Gasteiger partial charge in [-0.2, -0.15) is 0 Å². The summed E-state index contributed by atoms with van der Waals surface area (Å²) in [5.74, 6) is 0. The fourth-order valence-electron chi connectivity index (χ4n) is 0. The van der Waals surface area contributed by atoms with Gasteiger partial charge in [-0.15, -0.1) is 0 Å². The van der Waals surface area contributed by atoms with Crippen molar-refractivity contribution in [2.24, 2.45) is 0 Å². The third kappa shape index (κ3) is 45.4. The van der Waals surface area contributed by atoms with E-state index < -0.39 is 0 Å². The Bertz CT molecular complexity index is 10.9. The second-order valence-electron chi connectivity index (χ2n) is 0. The number of rotatable bonds is 0. The van der Waals surface area contributed by atoms with Crippen LogP contribution in [-0.4, -0.2) is 86.4 Å². The van der Waals surface area contributed by atoms with Gasteiger partial charge in [0.25, 0.3) is 0 Å². The fourth-order valence-corrected chi connectivity index (χ4v) is 0. The van der Waals surface area contributed by atoms with Crippen molar-refractivity contribution in [3.05, 3.63) is 0 Å². The molecule has 0 unspecified atom stereocenters. The van der Waals surface area contributed by atoms with Crippen LogP contribution in [0.5, 0.6) is 0 Å². The normalized spacial score (nSPS) is 0. The molecule has 4 N–H and O–H groups in total. The van der Waals surface area contributed by atoms with Gasteiger partial charge in [-0.3, -0.25) is 0 Å². The van der Waals surface area contributed by atoms with E-state index in [-0.39, 0.29) is 124 Å². The van der Waals surface area contributed by atoms with Crippen LogP contribution < -0.4 is 37.2 Å². The van der Waals surface area contributed by atoms with E-state index in [2.05, 4.69) is 0 Å².